The molecule has 26 heavy (non-hydrogen) atoms. The highest BCUT2D eigenvalue weighted by molar-refractivity contribution is 5.96. The third-order valence-electron chi connectivity index (χ3n) is 3.82. The molecule has 2 amide bonds. The van der Waals surface area contributed by atoms with E-state index >= 15 is 0 Å². The second kappa shape index (κ2) is 8.51. The minimum Gasteiger partial charge on any atom is -0.489 e. The second-order valence-corrected chi connectivity index (χ2v) is 6.50. The summed E-state index contributed by atoms with van der Waals surface area (Å²) in [6.45, 7) is 7.74. The van der Waals surface area contributed by atoms with Gasteiger partial charge < -0.3 is 19.5 Å². The molecule has 0 saturated heterocycles. The fourth-order valence-electron chi connectivity index (χ4n) is 2.46. The molecule has 0 atom stereocenters. The molecule has 1 heterocycles. The van der Waals surface area contributed by atoms with Crippen molar-refractivity contribution in [3.8, 4) is 5.75 Å². The number of ether oxygens (including phenoxy) is 1. The van der Waals surface area contributed by atoms with Crippen molar-refractivity contribution in [3.05, 3.63) is 46.8 Å². The Morgan fingerprint density at radius 1 is 1.31 bits per heavy atom. The van der Waals surface area contributed by atoms with Gasteiger partial charge in [-0.3, -0.25) is 9.59 Å². The number of hydrogen-bond donors (Lipinski definition) is 1. The zero-order chi connectivity index (χ0) is 19.3. The number of nitrogens with one attached hydrogen (secondary N) is 1. The lowest BCUT2D eigenvalue weighted by Crippen LogP contribution is -2.40. The fraction of sp³-hybridized carbons (Fsp3) is 0.421. The topological polar surface area (TPSA) is 84.7 Å². The molecule has 0 aliphatic heterocycles. The molecule has 0 aliphatic rings. The summed E-state index contributed by atoms with van der Waals surface area (Å²) in [5, 5.41) is 6.66. The highest BCUT2D eigenvalue weighted by Gasteiger charge is 2.16. The molecular formula is C19H25N3O4. The zero-order valence-electron chi connectivity index (χ0n) is 15.8. The number of carbonyl (C=O) groups excluding carboxylic acids is 2. The van der Waals surface area contributed by atoms with Gasteiger partial charge in [0.05, 0.1) is 17.8 Å². The van der Waals surface area contributed by atoms with Gasteiger partial charge >= 0.3 is 0 Å². The van der Waals surface area contributed by atoms with Crippen molar-refractivity contribution in [1.29, 1.82) is 0 Å². The lowest BCUT2D eigenvalue weighted by molar-refractivity contribution is -0.122. The van der Waals surface area contributed by atoms with E-state index in [9.17, 15) is 9.59 Å². The van der Waals surface area contributed by atoms with Crippen molar-refractivity contribution in [2.75, 3.05) is 13.6 Å². The lowest BCUT2D eigenvalue weighted by Gasteiger charge is -2.18. The van der Waals surface area contributed by atoms with Crippen LogP contribution in [0.15, 0.2) is 28.8 Å². The molecule has 7 nitrogen and oxygen atoms in total. The van der Waals surface area contributed by atoms with Crippen molar-refractivity contribution in [2.45, 2.75) is 40.3 Å². The van der Waals surface area contributed by atoms with Gasteiger partial charge in [-0.15, -0.1) is 0 Å². The number of hydrogen-bond acceptors (Lipinski definition) is 5. The van der Waals surface area contributed by atoms with Crippen molar-refractivity contribution in [1.82, 2.24) is 15.4 Å². The molecule has 0 unspecified atom stereocenters. The fourth-order valence-corrected chi connectivity index (χ4v) is 2.46. The van der Waals surface area contributed by atoms with Crippen LogP contribution in [0.3, 0.4) is 0 Å². The van der Waals surface area contributed by atoms with Gasteiger partial charge in [-0.25, -0.2) is 0 Å². The van der Waals surface area contributed by atoms with Crippen molar-refractivity contribution >= 4 is 11.8 Å². The van der Waals surface area contributed by atoms with Crippen LogP contribution in [0, 0.1) is 13.8 Å². The Morgan fingerprint density at radius 2 is 2.04 bits per heavy atom. The van der Waals surface area contributed by atoms with Gasteiger partial charge in [-0.05, 0) is 45.9 Å². The van der Waals surface area contributed by atoms with Gasteiger partial charge in [0.15, 0.2) is 0 Å². The molecule has 0 aliphatic carbocycles. The maximum atomic E-state index is 12.5. The minimum absolute atomic E-state index is 0.00117. The van der Waals surface area contributed by atoms with E-state index in [0.29, 0.717) is 23.7 Å². The molecule has 0 fully saturated rings. The molecular weight excluding hydrogens is 334 g/mol. The predicted octanol–water partition coefficient (Wildman–Crippen LogP) is 2.47. The first-order valence-corrected chi connectivity index (χ1v) is 8.47. The Kier molecular flexibility index (Phi) is 6.38. The van der Waals surface area contributed by atoms with E-state index in [1.165, 1.54) is 4.90 Å². The van der Waals surface area contributed by atoms with E-state index in [0.717, 1.165) is 11.3 Å². The number of benzene rings is 1. The van der Waals surface area contributed by atoms with Crippen LogP contribution >= 0.6 is 0 Å². The highest BCUT2D eigenvalue weighted by Crippen LogP contribution is 2.19. The molecule has 2 aromatic rings. The first kappa shape index (κ1) is 19.5. The predicted molar refractivity (Wildman–Crippen MR) is 97.0 cm³/mol. The van der Waals surface area contributed by atoms with E-state index in [2.05, 4.69) is 10.5 Å². The molecule has 0 spiro atoms. The SMILES string of the molecule is Cc1noc(C)c1COc1cccc(C(=O)N(C)CC(=O)NC(C)C)c1. The molecule has 0 saturated carbocycles. The summed E-state index contributed by atoms with van der Waals surface area (Å²) in [5.41, 5.74) is 2.14. The summed E-state index contributed by atoms with van der Waals surface area (Å²) >= 11 is 0. The average Bonchev–Trinajstić information content (AvgIpc) is 2.90. The summed E-state index contributed by atoms with van der Waals surface area (Å²) in [6.07, 6.45) is 0. The third kappa shape index (κ3) is 5.08. The van der Waals surface area contributed by atoms with E-state index < -0.39 is 0 Å². The maximum Gasteiger partial charge on any atom is 0.254 e. The Bertz CT molecular complexity index is 763. The summed E-state index contributed by atoms with van der Waals surface area (Å²) in [4.78, 5) is 25.7. The molecule has 0 bridgehead atoms. The summed E-state index contributed by atoms with van der Waals surface area (Å²) in [6, 6.07) is 6.92. The minimum atomic E-state index is -0.244. The largest absolute Gasteiger partial charge is 0.489 e. The van der Waals surface area contributed by atoms with E-state index in [1.807, 2.05) is 27.7 Å². The molecule has 1 N–H and O–H groups in total. The van der Waals surface area contributed by atoms with Crippen LogP contribution < -0.4 is 10.1 Å². The van der Waals surface area contributed by atoms with Crippen LogP contribution in [-0.4, -0.2) is 41.5 Å². The van der Waals surface area contributed by atoms with Gasteiger partial charge in [0, 0.05) is 18.7 Å². The highest BCUT2D eigenvalue weighted by atomic mass is 16.5. The normalized spacial score (nSPS) is 10.7. The summed E-state index contributed by atoms with van der Waals surface area (Å²) in [7, 11) is 1.60. The van der Waals surface area contributed by atoms with E-state index in [4.69, 9.17) is 9.26 Å². The molecule has 2 rings (SSSR count). The summed E-state index contributed by atoms with van der Waals surface area (Å²) < 4.78 is 10.9. The van der Waals surface area contributed by atoms with Gasteiger partial charge in [-0.2, -0.15) is 0 Å². The van der Waals surface area contributed by atoms with Gasteiger partial charge in [0.2, 0.25) is 5.91 Å². The smallest absolute Gasteiger partial charge is 0.254 e. The quantitative estimate of drug-likeness (QED) is 0.821. The Morgan fingerprint density at radius 3 is 2.65 bits per heavy atom. The molecule has 1 aromatic heterocycles. The van der Waals surface area contributed by atoms with Crippen LogP contribution in [0.1, 0.15) is 41.2 Å². The first-order chi connectivity index (χ1) is 12.3. The molecule has 140 valence electrons. The second-order valence-electron chi connectivity index (χ2n) is 6.50. The molecule has 1 aromatic carbocycles. The average molecular weight is 359 g/mol. The molecule has 7 heteroatoms. The zero-order valence-corrected chi connectivity index (χ0v) is 15.8. The van der Waals surface area contributed by atoms with Crippen molar-refractivity contribution < 1.29 is 18.8 Å². The standard InChI is InChI=1S/C19H25N3O4/c1-12(2)20-18(23)10-22(5)19(24)15-7-6-8-16(9-15)25-11-17-13(3)21-26-14(17)4/h6-9,12H,10-11H2,1-5H3,(H,20,23). The number of likely N-dealkylation sites (N-methyl/N-ethyl adjacent to an activating group) is 1. The molecule has 0 radical (unpaired) electrons. The maximum absolute atomic E-state index is 12.5. The Labute approximate surface area is 153 Å². The van der Waals surface area contributed by atoms with E-state index in [-0.39, 0.29) is 24.4 Å². The van der Waals surface area contributed by atoms with Gasteiger partial charge in [-0.1, -0.05) is 11.2 Å². The van der Waals surface area contributed by atoms with Crippen LogP contribution in [-0.2, 0) is 11.4 Å². The van der Waals surface area contributed by atoms with Crippen LogP contribution in [0.2, 0.25) is 0 Å². The van der Waals surface area contributed by atoms with Crippen LogP contribution in [0.25, 0.3) is 0 Å². The number of carbonyl (C=O) groups is 2. The lowest BCUT2D eigenvalue weighted by atomic mass is 10.2. The van der Waals surface area contributed by atoms with Gasteiger partial charge in [0.25, 0.3) is 5.91 Å². The Hall–Kier alpha value is -2.83. The third-order valence-corrected chi connectivity index (χ3v) is 3.82. The van der Waals surface area contributed by atoms with E-state index in [1.54, 1.807) is 31.3 Å². The number of nitrogens with zero attached hydrogens (tertiary/aromatic N) is 2. The number of rotatable bonds is 7. The Balaban J connectivity index is 2.01. The number of aromatic nitrogens is 1. The van der Waals surface area contributed by atoms with Crippen molar-refractivity contribution in [2.24, 2.45) is 0 Å². The van der Waals surface area contributed by atoms with Crippen LogP contribution in [0.4, 0.5) is 0 Å². The van der Waals surface area contributed by atoms with Crippen molar-refractivity contribution in [3.63, 3.8) is 0 Å². The summed E-state index contributed by atoms with van der Waals surface area (Å²) in [5.74, 6) is 0.842. The van der Waals surface area contributed by atoms with Gasteiger partial charge in [0.1, 0.15) is 18.1 Å². The monoisotopic (exact) mass is 359 g/mol. The van der Waals surface area contributed by atoms with Crippen LogP contribution in [0.5, 0.6) is 5.75 Å². The number of aryl methyl sites for hydroxylation is 2. The number of amides is 2. The first-order valence-electron chi connectivity index (χ1n) is 8.47.